The number of aryl methyl sites for hydroxylation is 1. The van der Waals surface area contributed by atoms with Gasteiger partial charge in [0.25, 0.3) is 0 Å². The van der Waals surface area contributed by atoms with E-state index < -0.39 is 34.6 Å². The van der Waals surface area contributed by atoms with Crippen LogP contribution in [0.3, 0.4) is 0 Å². The standard InChI is InChI=1S/C18H11F5N4/c1-9-25-12(10-5-3-2-4-6-10)7-13(26-9)27-24-8-11-14(19)16(21)18(23)17(22)15(11)20/h2-8H,1H3,(H,25,26,27). The average molecular weight is 378 g/mol. The Morgan fingerprint density at radius 3 is 2.07 bits per heavy atom. The van der Waals surface area contributed by atoms with Crippen LogP contribution in [0.4, 0.5) is 27.8 Å². The predicted octanol–water partition coefficient (Wildman–Crippen LogP) is 4.59. The van der Waals surface area contributed by atoms with Crippen LogP contribution >= 0.6 is 0 Å². The second-order valence-corrected chi connectivity index (χ2v) is 5.41. The van der Waals surface area contributed by atoms with Crippen molar-refractivity contribution in [1.82, 2.24) is 9.97 Å². The molecule has 0 aliphatic rings. The Kier molecular flexibility index (Phi) is 5.11. The van der Waals surface area contributed by atoms with Gasteiger partial charge in [0, 0.05) is 11.6 Å². The third kappa shape index (κ3) is 3.76. The summed E-state index contributed by atoms with van der Waals surface area (Å²) < 4.78 is 66.6. The number of nitrogens with one attached hydrogen (secondary N) is 1. The van der Waals surface area contributed by atoms with Crippen molar-refractivity contribution in [2.24, 2.45) is 5.10 Å². The van der Waals surface area contributed by atoms with Crippen LogP contribution in [-0.4, -0.2) is 16.2 Å². The Labute approximate surface area is 150 Å². The molecule has 0 fully saturated rings. The molecule has 0 aliphatic heterocycles. The number of aromatic nitrogens is 2. The predicted molar refractivity (Wildman–Crippen MR) is 89.7 cm³/mol. The van der Waals surface area contributed by atoms with Crippen molar-refractivity contribution in [3.63, 3.8) is 0 Å². The van der Waals surface area contributed by atoms with E-state index in [1.807, 2.05) is 30.3 Å². The molecule has 0 spiro atoms. The first kappa shape index (κ1) is 18.4. The first-order chi connectivity index (χ1) is 12.9. The highest BCUT2D eigenvalue weighted by molar-refractivity contribution is 5.81. The first-order valence-corrected chi connectivity index (χ1v) is 7.60. The molecule has 1 aromatic heterocycles. The highest BCUT2D eigenvalue weighted by Crippen LogP contribution is 2.22. The molecule has 0 saturated heterocycles. The van der Waals surface area contributed by atoms with Crippen LogP contribution in [0.5, 0.6) is 0 Å². The maximum atomic E-state index is 13.6. The van der Waals surface area contributed by atoms with Gasteiger partial charge in [-0.1, -0.05) is 30.3 Å². The molecule has 1 N–H and O–H groups in total. The fourth-order valence-corrected chi connectivity index (χ4v) is 2.28. The van der Waals surface area contributed by atoms with Gasteiger partial charge in [-0.3, -0.25) is 5.43 Å². The second-order valence-electron chi connectivity index (χ2n) is 5.41. The van der Waals surface area contributed by atoms with Gasteiger partial charge in [-0.25, -0.2) is 31.9 Å². The molecule has 0 amide bonds. The first-order valence-electron chi connectivity index (χ1n) is 7.60. The molecular weight excluding hydrogens is 367 g/mol. The lowest BCUT2D eigenvalue weighted by atomic mass is 10.1. The van der Waals surface area contributed by atoms with Crippen LogP contribution in [0.15, 0.2) is 41.5 Å². The largest absolute Gasteiger partial charge is 0.261 e. The Balaban J connectivity index is 1.89. The van der Waals surface area contributed by atoms with Crippen LogP contribution in [-0.2, 0) is 0 Å². The summed E-state index contributed by atoms with van der Waals surface area (Å²) in [5, 5.41) is 3.52. The molecule has 0 atom stereocenters. The van der Waals surface area contributed by atoms with Crippen molar-refractivity contribution < 1.29 is 22.0 Å². The topological polar surface area (TPSA) is 50.2 Å². The molecular formula is C18H11F5N4. The number of hydrazone groups is 1. The summed E-state index contributed by atoms with van der Waals surface area (Å²) in [4.78, 5) is 8.32. The summed E-state index contributed by atoms with van der Waals surface area (Å²) in [5.74, 6) is -9.68. The summed E-state index contributed by atoms with van der Waals surface area (Å²) in [6.45, 7) is 1.63. The minimum Gasteiger partial charge on any atom is -0.261 e. The van der Waals surface area contributed by atoms with Crippen molar-refractivity contribution in [2.75, 3.05) is 5.43 Å². The van der Waals surface area contributed by atoms with Crippen LogP contribution in [0, 0.1) is 36.0 Å². The maximum Gasteiger partial charge on any atom is 0.200 e. The zero-order valence-corrected chi connectivity index (χ0v) is 13.8. The molecule has 0 radical (unpaired) electrons. The van der Waals surface area contributed by atoms with E-state index in [0.29, 0.717) is 17.7 Å². The third-order valence-corrected chi connectivity index (χ3v) is 3.52. The van der Waals surface area contributed by atoms with E-state index in [9.17, 15) is 22.0 Å². The number of nitrogens with zero attached hydrogens (tertiary/aromatic N) is 3. The van der Waals surface area contributed by atoms with Crippen molar-refractivity contribution in [3.8, 4) is 11.3 Å². The van der Waals surface area contributed by atoms with E-state index in [-0.39, 0.29) is 5.82 Å². The van der Waals surface area contributed by atoms with Crippen molar-refractivity contribution in [2.45, 2.75) is 6.92 Å². The van der Waals surface area contributed by atoms with E-state index in [0.717, 1.165) is 5.56 Å². The van der Waals surface area contributed by atoms with E-state index in [2.05, 4.69) is 20.5 Å². The molecule has 27 heavy (non-hydrogen) atoms. The monoisotopic (exact) mass is 378 g/mol. The Morgan fingerprint density at radius 1 is 0.852 bits per heavy atom. The zero-order valence-electron chi connectivity index (χ0n) is 13.8. The lowest BCUT2D eigenvalue weighted by Crippen LogP contribution is -2.07. The van der Waals surface area contributed by atoms with Gasteiger partial charge in [-0.2, -0.15) is 5.10 Å². The van der Waals surface area contributed by atoms with Gasteiger partial charge < -0.3 is 0 Å². The number of rotatable bonds is 4. The number of anilines is 1. The summed E-state index contributed by atoms with van der Waals surface area (Å²) in [7, 11) is 0. The fraction of sp³-hybridized carbons (Fsp3) is 0.0556. The van der Waals surface area contributed by atoms with Crippen molar-refractivity contribution in [1.29, 1.82) is 0 Å². The summed E-state index contributed by atoms with van der Waals surface area (Å²) in [6.07, 6.45) is 0.496. The molecule has 1 heterocycles. The molecule has 138 valence electrons. The number of benzene rings is 2. The maximum absolute atomic E-state index is 13.6. The van der Waals surface area contributed by atoms with E-state index in [1.54, 1.807) is 6.92 Å². The normalized spacial score (nSPS) is 11.2. The molecule has 3 rings (SSSR count). The minimum absolute atomic E-state index is 0.182. The lowest BCUT2D eigenvalue weighted by molar-refractivity contribution is 0.377. The highest BCUT2D eigenvalue weighted by Gasteiger charge is 2.24. The molecule has 0 unspecified atom stereocenters. The van der Waals surface area contributed by atoms with Gasteiger partial charge >= 0.3 is 0 Å². The minimum atomic E-state index is -2.23. The van der Waals surface area contributed by atoms with Gasteiger partial charge in [0.1, 0.15) is 11.6 Å². The quantitative estimate of drug-likeness (QED) is 0.237. The Hall–Kier alpha value is -3.36. The Morgan fingerprint density at radius 2 is 1.44 bits per heavy atom. The van der Waals surface area contributed by atoms with Crippen molar-refractivity contribution >= 4 is 12.0 Å². The van der Waals surface area contributed by atoms with Crippen LogP contribution in [0.1, 0.15) is 11.4 Å². The third-order valence-electron chi connectivity index (χ3n) is 3.52. The number of halogens is 5. The van der Waals surface area contributed by atoms with Gasteiger partial charge in [-0.05, 0) is 6.92 Å². The van der Waals surface area contributed by atoms with Crippen LogP contribution < -0.4 is 5.43 Å². The SMILES string of the molecule is Cc1nc(NN=Cc2c(F)c(F)c(F)c(F)c2F)cc(-c2ccccc2)n1. The summed E-state index contributed by atoms with van der Waals surface area (Å²) in [5.41, 5.74) is 2.61. The molecule has 9 heteroatoms. The highest BCUT2D eigenvalue weighted by atomic mass is 19.2. The van der Waals surface area contributed by atoms with Crippen LogP contribution in [0.2, 0.25) is 0 Å². The van der Waals surface area contributed by atoms with E-state index >= 15 is 0 Å². The van der Waals surface area contributed by atoms with Crippen LogP contribution in [0.25, 0.3) is 11.3 Å². The van der Waals surface area contributed by atoms with E-state index in [4.69, 9.17) is 0 Å². The lowest BCUT2D eigenvalue weighted by Gasteiger charge is -2.06. The molecule has 3 aromatic rings. The molecule has 0 saturated carbocycles. The molecule has 2 aromatic carbocycles. The molecule has 0 aliphatic carbocycles. The van der Waals surface area contributed by atoms with Gasteiger partial charge in [0.2, 0.25) is 5.82 Å². The molecule has 4 nitrogen and oxygen atoms in total. The molecule has 0 bridgehead atoms. The second kappa shape index (κ2) is 7.48. The summed E-state index contributed by atoms with van der Waals surface area (Å²) >= 11 is 0. The van der Waals surface area contributed by atoms with E-state index in [1.165, 1.54) is 6.07 Å². The average Bonchev–Trinajstić information content (AvgIpc) is 2.68. The number of hydrogen-bond donors (Lipinski definition) is 1. The summed E-state index contributed by atoms with van der Waals surface area (Å²) in [6, 6.07) is 10.7. The Bertz CT molecular complexity index is 993. The van der Waals surface area contributed by atoms with Gasteiger partial charge in [0.15, 0.2) is 23.3 Å². The zero-order chi connectivity index (χ0) is 19.6. The van der Waals surface area contributed by atoms with Crippen molar-refractivity contribution in [3.05, 3.63) is 76.9 Å². The number of hydrogen-bond acceptors (Lipinski definition) is 4. The fourth-order valence-electron chi connectivity index (χ4n) is 2.28. The van der Waals surface area contributed by atoms with Gasteiger partial charge in [0.05, 0.1) is 17.5 Å². The van der Waals surface area contributed by atoms with Gasteiger partial charge in [-0.15, -0.1) is 0 Å². The smallest absolute Gasteiger partial charge is 0.200 e.